The number of halogens is 6. The molecule has 0 radical (unpaired) electrons. The Hall–Kier alpha value is -1.44. The zero-order chi connectivity index (χ0) is 16.1. The smallest absolute Gasteiger partial charge is 0.416 e. The van der Waals surface area contributed by atoms with Crippen LogP contribution < -0.4 is 10.1 Å². The lowest BCUT2D eigenvalue weighted by molar-refractivity contribution is -0.143. The standard InChI is InChI=1S/C13H15F6NO/c1-20-4-2-3-5-21-11-7-9(12(14,15)16)6-10(8-11)13(17,18)19/h6-8,20H,2-5H2,1H3. The average Bonchev–Trinajstić information content (AvgIpc) is 2.36. The molecule has 8 heteroatoms. The maximum absolute atomic E-state index is 12.6. The Balaban J connectivity index is 2.88. The van der Waals surface area contributed by atoms with E-state index in [0.29, 0.717) is 31.5 Å². The van der Waals surface area contributed by atoms with Crippen LogP contribution in [-0.2, 0) is 12.4 Å². The molecule has 0 aliphatic heterocycles. The van der Waals surface area contributed by atoms with Crippen LogP contribution in [0, 0.1) is 0 Å². The second kappa shape index (κ2) is 7.02. The lowest BCUT2D eigenvalue weighted by atomic mass is 10.1. The highest BCUT2D eigenvalue weighted by Crippen LogP contribution is 2.38. The van der Waals surface area contributed by atoms with Crippen LogP contribution in [0.4, 0.5) is 26.3 Å². The van der Waals surface area contributed by atoms with Gasteiger partial charge in [-0.1, -0.05) is 0 Å². The first-order chi connectivity index (χ1) is 9.64. The van der Waals surface area contributed by atoms with Crippen LogP contribution in [-0.4, -0.2) is 20.2 Å². The van der Waals surface area contributed by atoms with Gasteiger partial charge >= 0.3 is 12.4 Å². The molecule has 0 saturated carbocycles. The average molecular weight is 315 g/mol. The number of hydrogen-bond acceptors (Lipinski definition) is 2. The first-order valence-corrected chi connectivity index (χ1v) is 6.21. The number of alkyl halides is 6. The van der Waals surface area contributed by atoms with Crippen LogP contribution >= 0.6 is 0 Å². The van der Waals surface area contributed by atoms with Crippen LogP contribution in [0.15, 0.2) is 18.2 Å². The number of benzene rings is 1. The fourth-order valence-corrected chi connectivity index (χ4v) is 1.60. The van der Waals surface area contributed by atoms with E-state index in [1.54, 1.807) is 7.05 Å². The molecular weight excluding hydrogens is 300 g/mol. The van der Waals surface area contributed by atoms with Crippen molar-refractivity contribution >= 4 is 0 Å². The maximum Gasteiger partial charge on any atom is 0.416 e. The summed E-state index contributed by atoms with van der Waals surface area (Å²) in [4.78, 5) is 0. The second-order valence-corrected chi connectivity index (χ2v) is 4.40. The van der Waals surface area contributed by atoms with Crippen molar-refractivity contribution in [2.45, 2.75) is 25.2 Å². The summed E-state index contributed by atoms with van der Waals surface area (Å²) in [5, 5.41) is 2.87. The fraction of sp³-hybridized carbons (Fsp3) is 0.538. The van der Waals surface area contributed by atoms with E-state index >= 15 is 0 Å². The maximum atomic E-state index is 12.6. The molecule has 0 atom stereocenters. The lowest BCUT2D eigenvalue weighted by Crippen LogP contribution is -2.12. The third-order valence-electron chi connectivity index (χ3n) is 2.65. The normalized spacial score (nSPS) is 12.5. The van der Waals surface area contributed by atoms with Crippen molar-refractivity contribution in [3.63, 3.8) is 0 Å². The summed E-state index contributed by atoms with van der Waals surface area (Å²) in [5.41, 5.74) is -2.75. The van der Waals surface area contributed by atoms with Gasteiger partial charge in [0.1, 0.15) is 5.75 Å². The van der Waals surface area contributed by atoms with Gasteiger partial charge in [-0.15, -0.1) is 0 Å². The SMILES string of the molecule is CNCCCCOc1cc(C(F)(F)F)cc(C(F)(F)F)c1. The second-order valence-electron chi connectivity index (χ2n) is 4.40. The van der Waals surface area contributed by atoms with E-state index in [2.05, 4.69) is 5.32 Å². The van der Waals surface area contributed by atoms with E-state index in [4.69, 9.17) is 4.74 Å². The van der Waals surface area contributed by atoms with Crippen molar-refractivity contribution < 1.29 is 31.1 Å². The molecule has 0 bridgehead atoms. The number of unbranched alkanes of at least 4 members (excludes halogenated alkanes) is 1. The van der Waals surface area contributed by atoms with Gasteiger partial charge in [-0.2, -0.15) is 26.3 Å². The van der Waals surface area contributed by atoms with Crippen LogP contribution in [0.5, 0.6) is 5.75 Å². The largest absolute Gasteiger partial charge is 0.494 e. The van der Waals surface area contributed by atoms with Gasteiger partial charge in [-0.05, 0) is 44.6 Å². The monoisotopic (exact) mass is 315 g/mol. The molecular formula is C13H15F6NO. The van der Waals surface area contributed by atoms with Gasteiger partial charge < -0.3 is 10.1 Å². The zero-order valence-corrected chi connectivity index (χ0v) is 11.2. The predicted molar refractivity (Wildman–Crippen MR) is 65.1 cm³/mol. The molecule has 0 aliphatic rings. The molecule has 2 nitrogen and oxygen atoms in total. The van der Waals surface area contributed by atoms with Gasteiger partial charge in [-0.3, -0.25) is 0 Å². The summed E-state index contributed by atoms with van der Waals surface area (Å²) in [6, 6.07) is 1.23. The van der Waals surface area contributed by atoms with Gasteiger partial charge in [0, 0.05) is 0 Å². The summed E-state index contributed by atoms with van der Waals surface area (Å²) < 4.78 is 80.6. The van der Waals surface area contributed by atoms with E-state index in [9.17, 15) is 26.3 Å². The molecule has 0 unspecified atom stereocenters. The minimum atomic E-state index is -4.86. The Morgan fingerprint density at radius 2 is 1.43 bits per heavy atom. The predicted octanol–water partition coefficient (Wildman–Crippen LogP) is 4.10. The van der Waals surface area contributed by atoms with Gasteiger partial charge in [0.05, 0.1) is 17.7 Å². The summed E-state index contributed by atoms with van der Waals surface area (Å²) >= 11 is 0. The first-order valence-electron chi connectivity index (χ1n) is 6.21. The highest BCUT2D eigenvalue weighted by Gasteiger charge is 2.37. The Morgan fingerprint density at radius 1 is 0.905 bits per heavy atom. The van der Waals surface area contributed by atoms with E-state index in [-0.39, 0.29) is 12.7 Å². The van der Waals surface area contributed by atoms with E-state index in [1.807, 2.05) is 0 Å². The molecule has 1 N–H and O–H groups in total. The number of rotatable bonds is 6. The first kappa shape index (κ1) is 17.6. The number of ether oxygens (including phenoxy) is 1. The molecule has 0 saturated heterocycles. The highest BCUT2D eigenvalue weighted by atomic mass is 19.4. The molecule has 120 valence electrons. The molecule has 0 amide bonds. The third kappa shape index (κ3) is 5.82. The molecule has 0 aliphatic carbocycles. The van der Waals surface area contributed by atoms with Crippen molar-refractivity contribution in [3.05, 3.63) is 29.3 Å². The Bertz CT molecular complexity index is 423. The Kier molecular flexibility index (Phi) is 5.88. The summed E-state index contributed by atoms with van der Waals surface area (Å²) in [6.07, 6.45) is -8.48. The Labute approximate surface area is 118 Å². The van der Waals surface area contributed by atoms with Crippen LogP contribution in [0.25, 0.3) is 0 Å². The van der Waals surface area contributed by atoms with Crippen LogP contribution in [0.2, 0.25) is 0 Å². The van der Waals surface area contributed by atoms with Crippen molar-refractivity contribution in [1.82, 2.24) is 5.32 Å². The molecule has 1 aromatic rings. The zero-order valence-electron chi connectivity index (χ0n) is 11.2. The third-order valence-corrected chi connectivity index (χ3v) is 2.65. The van der Waals surface area contributed by atoms with Gasteiger partial charge in [0.2, 0.25) is 0 Å². The van der Waals surface area contributed by atoms with E-state index in [1.165, 1.54) is 0 Å². The molecule has 0 spiro atoms. The fourth-order valence-electron chi connectivity index (χ4n) is 1.60. The number of nitrogens with one attached hydrogen (secondary N) is 1. The van der Waals surface area contributed by atoms with Gasteiger partial charge in [0.25, 0.3) is 0 Å². The van der Waals surface area contributed by atoms with Crippen molar-refractivity contribution in [2.24, 2.45) is 0 Å². The van der Waals surface area contributed by atoms with Crippen molar-refractivity contribution in [2.75, 3.05) is 20.2 Å². The van der Waals surface area contributed by atoms with E-state index < -0.39 is 29.2 Å². The molecule has 1 aromatic carbocycles. The molecule has 1 rings (SSSR count). The van der Waals surface area contributed by atoms with Gasteiger partial charge in [0.15, 0.2) is 0 Å². The van der Waals surface area contributed by atoms with Crippen LogP contribution in [0.3, 0.4) is 0 Å². The molecule has 0 aromatic heterocycles. The highest BCUT2D eigenvalue weighted by molar-refractivity contribution is 5.37. The summed E-state index contributed by atoms with van der Waals surface area (Å²) in [5.74, 6) is -0.429. The molecule has 0 fully saturated rings. The number of hydrogen-bond donors (Lipinski definition) is 1. The quantitative estimate of drug-likeness (QED) is 0.630. The minimum Gasteiger partial charge on any atom is -0.494 e. The van der Waals surface area contributed by atoms with E-state index in [0.717, 1.165) is 0 Å². The molecule has 0 heterocycles. The lowest BCUT2D eigenvalue weighted by Gasteiger charge is -2.14. The van der Waals surface area contributed by atoms with Crippen molar-refractivity contribution in [1.29, 1.82) is 0 Å². The van der Waals surface area contributed by atoms with Crippen LogP contribution in [0.1, 0.15) is 24.0 Å². The van der Waals surface area contributed by atoms with Gasteiger partial charge in [-0.25, -0.2) is 0 Å². The topological polar surface area (TPSA) is 21.3 Å². The minimum absolute atomic E-state index is 0.0558. The Morgan fingerprint density at radius 3 is 1.86 bits per heavy atom. The van der Waals surface area contributed by atoms with Crippen molar-refractivity contribution in [3.8, 4) is 5.75 Å². The molecule has 21 heavy (non-hydrogen) atoms. The summed E-state index contributed by atoms with van der Waals surface area (Å²) in [7, 11) is 1.74. The summed E-state index contributed by atoms with van der Waals surface area (Å²) in [6.45, 7) is 0.750.